The molecule has 60 valence electrons. The standard InChI is InChI=1S/C7H9NO3/c8-2-1-7-9-3-6(4-10-7)5-11-7/h6H,1,3-5H2. The van der Waals surface area contributed by atoms with Crippen molar-refractivity contribution in [3.8, 4) is 6.07 Å². The molecule has 3 rings (SSSR count). The minimum Gasteiger partial charge on any atom is -0.326 e. The van der Waals surface area contributed by atoms with E-state index >= 15 is 0 Å². The summed E-state index contributed by atoms with van der Waals surface area (Å²) in [6.45, 7) is 1.96. The van der Waals surface area contributed by atoms with Crippen LogP contribution < -0.4 is 0 Å². The highest BCUT2D eigenvalue weighted by molar-refractivity contribution is 4.83. The summed E-state index contributed by atoms with van der Waals surface area (Å²) in [5.74, 6) is -0.667. The predicted octanol–water partition coefficient (Wildman–Crippen LogP) is 0.247. The SMILES string of the molecule is N#CCC12OCC(CO1)CO2. The van der Waals surface area contributed by atoms with Gasteiger partial charge in [-0.1, -0.05) is 0 Å². The van der Waals surface area contributed by atoms with Crippen molar-refractivity contribution in [3.63, 3.8) is 0 Å². The summed E-state index contributed by atoms with van der Waals surface area (Å²) in [7, 11) is 0. The number of hydrogen-bond donors (Lipinski definition) is 0. The molecule has 4 nitrogen and oxygen atoms in total. The van der Waals surface area contributed by atoms with Gasteiger partial charge in [-0.25, -0.2) is 0 Å². The summed E-state index contributed by atoms with van der Waals surface area (Å²) < 4.78 is 15.7. The number of nitriles is 1. The molecule has 0 N–H and O–H groups in total. The van der Waals surface area contributed by atoms with Crippen molar-refractivity contribution in [1.82, 2.24) is 0 Å². The van der Waals surface area contributed by atoms with Gasteiger partial charge in [0, 0.05) is 5.92 Å². The molecule has 3 saturated heterocycles. The molecule has 2 bridgehead atoms. The highest BCUT2D eigenvalue weighted by Crippen LogP contribution is 2.32. The maximum Gasteiger partial charge on any atom is 0.296 e. The van der Waals surface area contributed by atoms with Crippen molar-refractivity contribution in [2.24, 2.45) is 5.92 Å². The number of rotatable bonds is 1. The molecule has 0 spiro atoms. The van der Waals surface area contributed by atoms with E-state index in [0.29, 0.717) is 25.7 Å². The van der Waals surface area contributed by atoms with Gasteiger partial charge in [0.25, 0.3) is 5.97 Å². The Bertz CT molecular complexity index is 177. The first-order valence-electron chi connectivity index (χ1n) is 3.63. The average molecular weight is 155 g/mol. The van der Waals surface area contributed by atoms with Crippen molar-refractivity contribution < 1.29 is 14.2 Å². The maximum absolute atomic E-state index is 8.44. The van der Waals surface area contributed by atoms with Crippen LogP contribution in [0.1, 0.15) is 6.42 Å². The maximum atomic E-state index is 8.44. The number of nitrogens with zero attached hydrogens (tertiary/aromatic N) is 1. The molecule has 0 saturated carbocycles. The summed E-state index contributed by atoms with van der Waals surface area (Å²) in [4.78, 5) is 0. The van der Waals surface area contributed by atoms with Crippen molar-refractivity contribution in [2.75, 3.05) is 19.8 Å². The highest BCUT2D eigenvalue weighted by Gasteiger charge is 2.44. The fraction of sp³-hybridized carbons (Fsp3) is 0.857. The molecule has 0 amide bonds. The zero-order chi connectivity index (χ0) is 7.73. The lowest BCUT2D eigenvalue weighted by Crippen LogP contribution is -2.53. The molecule has 0 aromatic heterocycles. The Morgan fingerprint density at radius 1 is 1.27 bits per heavy atom. The van der Waals surface area contributed by atoms with E-state index in [4.69, 9.17) is 19.5 Å². The van der Waals surface area contributed by atoms with Crippen LogP contribution in [0.15, 0.2) is 0 Å². The van der Waals surface area contributed by atoms with E-state index < -0.39 is 5.97 Å². The van der Waals surface area contributed by atoms with Crippen LogP contribution in [0.5, 0.6) is 0 Å². The second-order valence-electron chi connectivity index (χ2n) is 2.82. The molecule has 0 aromatic rings. The third-order valence-corrected chi connectivity index (χ3v) is 1.91. The number of hydrogen-bond acceptors (Lipinski definition) is 4. The van der Waals surface area contributed by atoms with Gasteiger partial charge >= 0.3 is 0 Å². The first kappa shape index (κ1) is 7.04. The largest absolute Gasteiger partial charge is 0.326 e. The van der Waals surface area contributed by atoms with Crippen molar-refractivity contribution in [1.29, 1.82) is 5.26 Å². The summed E-state index contributed by atoms with van der Waals surface area (Å²) in [5, 5.41) is 8.44. The Balaban J connectivity index is 2.07. The predicted molar refractivity (Wildman–Crippen MR) is 34.3 cm³/mol. The molecule has 11 heavy (non-hydrogen) atoms. The quantitative estimate of drug-likeness (QED) is 0.544. The lowest BCUT2D eigenvalue weighted by atomic mass is 10.1. The first-order valence-corrected chi connectivity index (χ1v) is 3.63. The van der Waals surface area contributed by atoms with Crippen molar-refractivity contribution in [2.45, 2.75) is 12.4 Å². The fourth-order valence-corrected chi connectivity index (χ4v) is 1.25. The molecule has 3 fully saturated rings. The summed E-state index contributed by atoms with van der Waals surface area (Å²) in [5.41, 5.74) is 0. The van der Waals surface area contributed by atoms with Crippen LogP contribution in [-0.4, -0.2) is 25.8 Å². The number of ether oxygens (including phenoxy) is 3. The molecule has 0 aromatic carbocycles. The van der Waals surface area contributed by atoms with Gasteiger partial charge in [-0.15, -0.1) is 0 Å². The Morgan fingerprint density at radius 2 is 1.82 bits per heavy atom. The second kappa shape index (κ2) is 2.45. The molecule has 3 aliphatic heterocycles. The van der Waals surface area contributed by atoms with Crippen LogP contribution >= 0.6 is 0 Å². The van der Waals surface area contributed by atoms with E-state index in [9.17, 15) is 0 Å². The summed E-state index contributed by atoms with van der Waals surface area (Å²) in [6.07, 6.45) is 0.152. The third kappa shape index (κ3) is 1.11. The smallest absolute Gasteiger partial charge is 0.296 e. The van der Waals surface area contributed by atoms with Gasteiger partial charge in [0.2, 0.25) is 0 Å². The van der Waals surface area contributed by atoms with Crippen LogP contribution in [-0.2, 0) is 14.2 Å². The van der Waals surface area contributed by atoms with Crippen LogP contribution in [0.3, 0.4) is 0 Å². The zero-order valence-corrected chi connectivity index (χ0v) is 6.08. The van der Waals surface area contributed by atoms with Gasteiger partial charge in [0.1, 0.15) is 6.42 Å². The molecule has 0 atom stereocenters. The molecule has 4 heteroatoms. The molecule has 0 unspecified atom stereocenters. The van der Waals surface area contributed by atoms with Gasteiger partial charge in [-0.2, -0.15) is 5.26 Å². The van der Waals surface area contributed by atoms with Gasteiger partial charge in [0.05, 0.1) is 25.9 Å². The van der Waals surface area contributed by atoms with E-state index in [1.165, 1.54) is 0 Å². The lowest BCUT2D eigenvalue weighted by molar-refractivity contribution is -0.445. The minimum absolute atomic E-state index is 0.152. The van der Waals surface area contributed by atoms with E-state index in [1.54, 1.807) is 0 Å². The highest BCUT2D eigenvalue weighted by atomic mass is 16.9. The fourth-order valence-electron chi connectivity index (χ4n) is 1.25. The normalized spacial score (nSPS) is 41.9. The Kier molecular flexibility index (Phi) is 1.57. The van der Waals surface area contributed by atoms with E-state index in [1.807, 2.05) is 6.07 Å². The Labute approximate surface area is 64.7 Å². The van der Waals surface area contributed by atoms with E-state index in [2.05, 4.69) is 0 Å². The second-order valence-corrected chi connectivity index (χ2v) is 2.82. The third-order valence-electron chi connectivity index (χ3n) is 1.91. The molecular formula is C7H9NO3. The Morgan fingerprint density at radius 3 is 2.27 bits per heavy atom. The topological polar surface area (TPSA) is 51.5 Å². The van der Waals surface area contributed by atoms with E-state index in [-0.39, 0.29) is 6.42 Å². The van der Waals surface area contributed by atoms with Crippen LogP contribution in [0.2, 0.25) is 0 Å². The minimum atomic E-state index is -1.02. The van der Waals surface area contributed by atoms with Crippen molar-refractivity contribution >= 4 is 0 Å². The van der Waals surface area contributed by atoms with Crippen LogP contribution in [0.25, 0.3) is 0 Å². The zero-order valence-electron chi connectivity index (χ0n) is 6.08. The van der Waals surface area contributed by atoms with Gasteiger partial charge < -0.3 is 14.2 Å². The lowest BCUT2D eigenvalue weighted by Gasteiger charge is -2.43. The van der Waals surface area contributed by atoms with Gasteiger partial charge in [-0.05, 0) is 0 Å². The number of fused-ring (bicyclic) bond motifs is 3. The molecule has 3 heterocycles. The van der Waals surface area contributed by atoms with Gasteiger partial charge in [-0.3, -0.25) is 0 Å². The van der Waals surface area contributed by atoms with Gasteiger partial charge in [0.15, 0.2) is 0 Å². The average Bonchev–Trinajstić information content (AvgIpc) is 2.07. The first-order chi connectivity index (χ1) is 5.35. The monoisotopic (exact) mass is 155 g/mol. The Hall–Kier alpha value is -0.630. The molecule has 0 radical (unpaired) electrons. The van der Waals surface area contributed by atoms with E-state index in [0.717, 1.165) is 0 Å². The van der Waals surface area contributed by atoms with Crippen LogP contribution in [0, 0.1) is 17.2 Å². The van der Waals surface area contributed by atoms with Crippen molar-refractivity contribution in [3.05, 3.63) is 0 Å². The molecule has 0 aliphatic carbocycles. The molecule has 3 aliphatic rings. The summed E-state index contributed by atoms with van der Waals surface area (Å²) in [6, 6.07) is 1.98. The molecular weight excluding hydrogens is 146 g/mol. The van der Waals surface area contributed by atoms with Crippen LogP contribution in [0.4, 0.5) is 0 Å². The summed E-state index contributed by atoms with van der Waals surface area (Å²) >= 11 is 0.